The molecule has 0 aromatic carbocycles. The maximum Gasteiger partial charge on any atom is 0.244 e. The molecule has 0 aliphatic carbocycles. The number of anilines is 1. The minimum absolute atomic E-state index is 0.0469. The van der Waals surface area contributed by atoms with Crippen LogP contribution in [0.2, 0.25) is 0 Å². The van der Waals surface area contributed by atoms with Crippen molar-refractivity contribution in [1.29, 1.82) is 0 Å². The van der Waals surface area contributed by atoms with Crippen molar-refractivity contribution in [2.45, 2.75) is 31.7 Å². The molecule has 8 heteroatoms. The van der Waals surface area contributed by atoms with Crippen LogP contribution >= 0.6 is 0 Å². The van der Waals surface area contributed by atoms with Gasteiger partial charge in [0, 0.05) is 18.8 Å². The zero-order chi connectivity index (χ0) is 15.3. The number of pyridine rings is 1. The van der Waals surface area contributed by atoms with Gasteiger partial charge in [0.2, 0.25) is 10.0 Å². The van der Waals surface area contributed by atoms with Gasteiger partial charge in [-0.3, -0.25) is 0 Å². The second kappa shape index (κ2) is 6.68. The zero-order valence-electron chi connectivity index (χ0n) is 12.0. The summed E-state index contributed by atoms with van der Waals surface area (Å²) < 4.78 is 32.1. The third kappa shape index (κ3) is 4.02. The molecule has 0 radical (unpaired) electrons. The van der Waals surface area contributed by atoms with Crippen LogP contribution in [-0.4, -0.2) is 25.1 Å². The largest absolute Gasteiger partial charge is 0.369 e. The van der Waals surface area contributed by atoms with Gasteiger partial charge in [-0.05, 0) is 25.5 Å². The van der Waals surface area contributed by atoms with Crippen molar-refractivity contribution in [2.24, 2.45) is 0 Å². The Morgan fingerprint density at radius 2 is 2.19 bits per heavy atom. The van der Waals surface area contributed by atoms with E-state index in [1.54, 1.807) is 25.3 Å². The highest BCUT2D eigenvalue weighted by Gasteiger charge is 2.19. The van der Waals surface area contributed by atoms with Crippen molar-refractivity contribution in [3.05, 3.63) is 35.9 Å². The Morgan fingerprint density at radius 3 is 2.86 bits per heavy atom. The summed E-state index contributed by atoms with van der Waals surface area (Å²) in [5.41, 5.74) is 0.705. The fraction of sp³-hybridized carbons (Fsp3) is 0.385. The second-order valence-corrected chi connectivity index (χ2v) is 6.27. The maximum atomic E-state index is 12.3. The van der Waals surface area contributed by atoms with Gasteiger partial charge in [-0.15, -0.1) is 0 Å². The Morgan fingerprint density at radius 1 is 1.38 bits per heavy atom. The first-order chi connectivity index (χ1) is 10.0. The molecule has 0 aliphatic rings. The fourth-order valence-electron chi connectivity index (χ4n) is 1.73. The van der Waals surface area contributed by atoms with E-state index in [0.717, 1.165) is 6.42 Å². The maximum absolute atomic E-state index is 12.3. The Hall–Kier alpha value is -1.93. The predicted molar refractivity (Wildman–Crippen MR) is 78.3 cm³/mol. The fourth-order valence-corrected chi connectivity index (χ4v) is 2.85. The molecule has 0 amide bonds. The van der Waals surface area contributed by atoms with Gasteiger partial charge in [-0.25, -0.2) is 18.1 Å². The first kappa shape index (κ1) is 15.5. The number of aromatic nitrogens is 2. The average Bonchev–Trinajstić information content (AvgIpc) is 2.89. The lowest BCUT2D eigenvalue weighted by molar-refractivity contribution is 0.377. The monoisotopic (exact) mass is 310 g/mol. The summed E-state index contributed by atoms with van der Waals surface area (Å²) in [6.45, 7) is 4.47. The molecule has 0 fully saturated rings. The van der Waals surface area contributed by atoms with Gasteiger partial charge < -0.3 is 9.84 Å². The molecular formula is C13H18N4O3S. The second-order valence-electron chi connectivity index (χ2n) is 4.54. The Kier molecular flexibility index (Phi) is 4.92. The van der Waals surface area contributed by atoms with Gasteiger partial charge >= 0.3 is 0 Å². The molecule has 0 bridgehead atoms. The standard InChI is InChI=1S/C13H18N4O3S/c1-3-6-14-13-12(5-4-7-15-13)21(18,19)16-9-11-8-10(2)17-20-11/h4-5,7-8,16H,3,6,9H2,1-2H3,(H,14,15). The third-order valence-corrected chi connectivity index (χ3v) is 4.15. The van der Waals surface area contributed by atoms with E-state index in [0.29, 0.717) is 23.8 Å². The molecule has 0 spiro atoms. The molecule has 0 atom stereocenters. The number of rotatable bonds is 7. The summed E-state index contributed by atoms with van der Waals surface area (Å²) >= 11 is 0. The molecule has 0 saturated carbocycles. The number of hydrogen-bond acceptors (Lipinski definition) is 6. The molecule has 0 saturated heterocycles. The summed E-state index contributed by atoms with van der Waals surface area (Å²) in [6, 6.07) is 4.78. The highest BCUT2D eigenvalue weighted by atomic mass is 32.2. The van der Waals surface area contributed by atoms with Crippen LogP contribution in [0.1, 0.15) is 24.8 Å². The van der Waals surface area contributed by atoms with Crippen molar-refractivity contribution >= 4 is 15.8 Å². The summed E-state index contributed by atoms with van der Waals surface area (Å²) in [6.07, 6.45) is 2.43. The molecule has 114 valence electrons. The lowest BCUT2D eigenvalue weighted by Crippen LogP contribution is -2.24. The minimum Gasteiger partial charge on any atom is -0.369 e. The average molecular weight is 310 g/mol. The summed E-state index contributed by atoms with van der Waals surface area (Å²) in [5, 5.41) is 6.72. The van der Waals surface area contributed by atoms with Gasteiger partial charge in [0.25, 0.3) is 0 Å². The number of nitrogens with zero attached hydrogens (tertiary/aromatic N) is 2. The van der Waals surface area contributed by atoms with Gasteiger partial charge in [-0.2, -0.15) is 0 Å². The van der Waals surface area contributed by atoms with Crippen LogP contribution in [0.15, 0.2) is 33.8 Å². The molecule has 7 nitrogen and oxygen atoms in total. The van der Waals surface area contributed by atoms with Crippen LogP contribution in [0.5, 0.6) is 0 Å². The first-order valence-corrected chi connectivity index (χ1v) is 8.12. The Bertz CT molecular complexity index is 697. The van der Waals surface area contributed by atoms with Gasteiger partial charge in [0.05, 0.1) is 12.2 Å². The molecule has 2 heterocycles. The quantitative estimate of drug-likeness (QED) is 0.807. The Labute approximate surface area is 123 Å². The highest BCUT2D eigenvalue weighted by Crippen LogP contribution is 2.18. The smallest absolute Gasteiger partial charge is 0.244 e. The van der Waals surface area contributed by atoms with E-state index in [4.69, 9.17) is 4.52 Å². The minimum atomic E-state index is -3.67. The molecule has 0 unspecified atom stereocenters. The van der Waals surface area contributed by atoms with Gasteiger partial charge in [0.1, 0.15) is 10.7 Å². The Balaban J connectivity index is 2.15. The molecule has 0 aliphatic heterocycles. The SMILES string of the molecule is CCCNc1ncccc1S(=O)(=O)NCc1cc(C)no1. The molecule has 2 rings (SSSR count). The van der Waals surface area contributed by atoms with E-state index in [1.165, 1.54) is 6.07 Å². The van der Waals surface area contributed by atoms with E-state index < -0.39 is 10.0 Å². The molecular weight excluding hydrogens is 292 g/mol. The number of sulfonamides is 1. The highest BCUT2D eigenvalue weighted by molar-refractivity contribution is 7.89. The van der Waals surface area contributed by atoms with Crippen molar-refractivity contribution in [2.75, 3.05) is 11.9 Å². The van der Waals surface area contributed by atoms with E-state index in [2.05, 4.69) is 20.2 Å². The first-order valence-electron chi connectivity index (χ1n) is 6.63. The number of hydrogen-bond donors (Lipinski definition) is 2. The van der Waals surface area contributed by atoms with Crippen LogP contribution in [0.3, 0.4) is 0 Å². The van der Waals surface area contributed by atoms with Crippen molar-refractivity contribution in [3.63, 3.8) is 0 Å². The third-order valence-electron chi connectivity index (χ3n) is 2.72. The van der Waals surface area contributed by atoms with Gasteiger partial charge in [-0.1, -0.05) is 12.1 Å². The normalized spacial score (nSPS) is 11.5. The van der Waals surface area contributed by atoms with Crippen LogP contribution < -0.4 is 10.0 Å². The topological polar surface area (TPSA) is 97.1 Å². The lowest BCUT2D eigenvalue weighted by Gasteiger charge is -2.10. The van der Waals surface area contributed by atoms with Crippen molar-refractivity contribution in [1.82, 2.24) is 14.9 Å². The van der Waals surface area contributed by atoms with E-state index in [1.807, 2.05) is 6.92 Å². The summed E-state index contributed by atoms with van der Waals surface area (Å²) in [4.78, 5) is 4.20. The zero-order valence-corrected chi connectivity index (χ0v) is 12.8. The van der Waals surface area contributed by atoms with Crippen LogP contribution in [0.4, 0.5) is 5.82 Å². The molecule has 2 aromatic heterocycles. The predicted octanol–water partition coefficient (Wildman–Crippen LogP) is 1.68. The summed E-state index contributed by atoms with van der Waals surface area (Å²) in [7, 11) is -3.67. The van der Waals surface area contributed by atoms with E-state index in [-0.39, 0.29) is 11.4 Å². The van der Waals surface area contributed by atoms with E-state index >= 15 is 0 Å². The summed E-state index contributed by atoms with van der Waals surface area (Å²) in [5.74, 6) is 0.809. The van der Waals surface area contributed by atoms with Crippen molar-refractivity contribution in [3.8, 4) is 0 Å². The van der Waals surface area contributed by atoms with Gasteiger partial charge in [0.15, 0.2) is 5.76 Å². The van der Waals surface area contributed by atoms with Crippen LogP contribution in [-0.2, 0) is 16.6 Å². The molecule has 2 N–H and O–H groups in total. The van der Waals surface area contributed by atoms with Crippen LogP contribution in [0, 0.1) is 6.92 Å². The molecule has 21 heavy (non-hydrogen) atoms. The number of aryl methyl sites for hydroxylation is 1. The lowest BCUT2D eigenvalue weighted by atomic mass is 10.4. The van der Waals surface area contributed by atoms with Crippen molar-refractivity contribution < 1.29 is 12.9 Å². The number of nitrogens with one attached hydrogen (secondary N) is 2. The molecule has 2 aromatic rings. The van der Waals surface area contributed by atoms with Crippen LogP contribution in [0.25, 0.3) is 0 Å². The van der Waals surface area contributed by atoms with E-state index in [9.17, 15) is 8.42 Å².